The average molecular weight is 375 g/mol. The Morgan fingerprint density at radius 2 is 1.79 bits per heavy atom. The first kappa shape index (κ1) is 17.4. The second kappa shape index (κ2) is 7.06. The number of nitrogens with zero attached hydrogens (tertiary/aromatic N) is 3. The summed E-state index contributed by atoms with van der Waals surface area (Å²) in [7, 11) is 0. The monoisotopic (exact) mass is 375 g/mol. The predicted octanol–water partition coefficient (Wildman–Crippen LogP) is 1.43. The number of carboxylic acid groups (broad SMARTS) is 1. The molecule has 0 radical (unpaired) electrons. The van der Waals surface area contributed by atoms with Gasteiger partial charge in [0.1, 0.15) is 5.82 Å². The second-order valence-electron chi connectivity index (χ2n) is 8.35. The third-order valence-electron chi connectivity index (χ3n) is 6.43. The van der Waals surface area contributed by atoms with Crippen molar-refractivity contribution in [3.63, 3.8) is 0 Å². The highest BCUT2D eigenvalue weighted by molar-refractivity contribution is 5.87. The number of likely N-dealkylation sites (tertiary alicyclic amines) is 1. The zero-order valence-corrected chi connectivity index (χ0v) is 15.9. The van der Waals surface area contributed by atoms with Gasteiger partial charge >= 0.3 is 5.97 Å². The molecule has 3 unspecified atom stereocenters. The standard InChI is InChI=1S/C23H25N3O2/c27-23(28)19-7-8-22(24-10-19)26-14-20-12-25(13-21(20)15-26)11-16-5-6-17-3-1-2-4-18(17)9-16/h1-4,6-10,16,20-21H,5,11-15H2,(H,27,28). The van der Waals surface area contributed by atoms with Crippen molar-refractivity contribution in [2.45, 2.75) is 6.42 Å². The van der Waals surface area contributed by atoms with Gasteiger partial charge in [-0.15, -0.1) is 0 Å². The number of rotatable bonds is 4. The summed E-state index contributed by atoms with van der Waals surface area (Å²) < 4.78 is 0. The molecule has 1 aromatic carbocycles. The maximum absolute atomic E-state index is 11.0. The molecule has 0 spiro atoms. The minimum Gasteiger partial charge on any atom is -0.478 e. The van der Waals surface area contributed by atoms with Crippen molar-refractivity contribution in [3.05, 3.63) is 58.6 Å². The summed E-state index contributed by atoms with van der Waals surface area (Å²) in [5.74, 6) is 1.95. The van der Waals surface area contributed by atoms with Crippen LogP contribution in [0.1, 0.15) is 16.8 Å². The number of anilines is 1. The van der Waals surface area contributed by atoms with E-state index in [-0.39, 0.29) is 5.56 Å². The molecule has 3 atom stereocenters. The molecule has 2 aromatic rings. The fraction of sp³-hybridized carbons (Fsp3) is 0.391. The lowest BCUT2D eigenvalue weighted by atomic mass is 9.97. The zero-order chi connectivity index (χ0) is 19.1. The predicted molar refractivity (Wildman–Crippen MR) is 110 cm³/mol. The number of carboxylic acids is 1. The van der Waals surface area contributed by atoms with Crippen molar-refractivity contribution in [2.75, 3.05) is 37.6 Å². The summed E-state index contributed by atoms with van der Waals surface area (Å²) in [6.45, 7) is 5.48. The van der Waals surface area contributed by atoms with Gasteiger partial charge in [-0.25, -0.2) is 9.78 Å². The van der Waals surface area contributed by atoms with Crippen molar-refractivity contribution in [1.29, 1.82) is 0 Å². The van der Waals surface area contributed by atoms with Crippen molar-refractivity contribution in [3.8, 4) is 0 Å². The van der Waals surface area contributed by atoms with Gasteiger partial charge in [0.2, 0.25) is 0 Å². The van der Waals surface area contributed by atoms with Crippen LogP contribution in [-0.4, -0.2) is 53.7 Å². The molecule has 0 bridgehead atoms. The van der Waals surface area contributed by atoms with Gasteiger partial charge in [0, 0.05) is 38.9 Å². The number of pyridine rings is 1. The summed E-state index contributed by atoms with van der Waals surface area (Å²) in [5, 5.41) is 11.8. The van der Waals surface area contributed by atoms with E-state index in [0.29, 0.717) is 17.8 Å². The van der Waals surface area contributed by atoms with Crippen LogP contribution in [0.15, 0.2) is 42.6 Å². The molecule has 0 amide bonds. The Kier molecular flexibility index (Phi) is 4.40. The zero-order valence-electron chi connectivity index (χ0n) is 15.9. The molecule has 5 nitrogen and oxygen atoms in total. The minimum absolute atomic E-state index is 0.247. The van der Waals surface area contributed by atoms with Gasteiger partial charge in [0.15, 0.2) is 0 Å². The van der Waals surface area contributed by atoms with Crippen molar-refractivity contribution in [2.24, 2.45) is 17.8 Å². The number of hydrogen-bond acceptors (Lipinski definition) is 4. The highest BCUT2D eigenvalue weighted by Gasteiger charge is 2.40. The summed E-state index contributed by atoms with van der Waals surface area (Å²) >= 11 is 0. The summed E-state index contributed by atoms with van der Waals surface area (Å²) in [4.78, 5) is 20.3. The van der Waals surface area contributed by atoms with E-state index in [4.69, 9.17) is 5.11 Å². The Labute approximate surface area is 164 Å². The van der Waals surface area contributed by atoms with E-state index in [1.54, 1.807) is 6.07 Å². The first-order valence-corrected chi connectivity index (χ1v) is 10.1. The van der Waals surface area contributed by atoms with E-state index in [1.165, 1.54) is 16.6 Å². The van der Waals surface area contributed by atoms with Crippen molar-refractivity contribution in [1.82, 2.24) is 9.88 Å². The fourth-order valence-electron chi connectivity index (χ4n) is 5.03. The van der Waals surface area contributed by atoms with Gasteiger partial charge in [0.25, 0.3) is 0 Å². The molecule has 144 valence electrons. The van der Waals surface area contributed by atoms with Gasteiger partial charge in [0.05, 0.1) is 5.56 Å². The van der Waals surface area contributed by atoms with Crippen LogP contribution in [-0.2, 0) is 0 Å². The van der Waals surface area contributed by atoms with E-state index in [9.17, 15) is 4.79 Å². The van der Waals surface area contributed by atoms with E-state index in [1.807, 2.05) is 6.07 Å². The quantitative estimate of drug-likeness (QED) is 0.876. The SMILES string of the molecule is O=C(O)c1ccc(N2CC3CN(CC4C=c5ccccc5=CC4)CC3C2)nc1. The minimum atomic E-state index is -0.924. The number of fused-ring (bicyclic) bond motifs is 2. The molecule has 3 heterocycles. The molecule has 2 aliphatic heterocycles. The van der Waals surface area contributed by atoms with E-state index in [0.717, 1.165) is 45.0 Å². The van der Waals surface area contributed by atoms with Crippen molar-refractivity contribution < 1.29 is 9.90 Å². The van der Waals surface area contributed by atoms with Gasteiger partial charge < -0.3 is 14.9 Å². The van der Waals surface area contributed by atoms with Gasteiger partial charge in [-0.2, -0.15) is 0 Å². The molecule has 28 heavy (non-hydrogen) atoms. The molecular weight excluding hydrogens is 350 g/mol. The summed E-state index contributed by atoms with van der Waals surface area (Å²) in [5.41, 5.74) is 0.247. The molecule has 5 heteroatoms. The second-order valence-corrected chi connectivity index (χ2v) is 8.35. The van der Waals surface area contributed by atoms with Gasteiger partial charge in [-0.1, -0.05) is 36.4 Å². The summed E-state index contributed by atoms with van der Waals surface area (Å²) in [6.07, 6.45) is 7.43. The summed E-state index contributed by atoms with van der Waals surface area (Å²) in [6, 6.07) is 12.1. The van der Waals surface area contributed by atoms with Crippen LogP contribution in [0.5, 0.6) is 0 Å². The van der Waals surface area contributed by atoms with Crippen LogP contribution in [0.3, 0.4) is 0 Å². The Bertz CT molecular complexity index is 987. The average Bonchev–Trinajstić information content (AvgIpc) is 3.26. The molecule has 2 saturated heterocycles. The third-order valence-corrected chi connectivity index (χ3v) is 6.43. The molecule has 1 aromatic heterocycles. The Balaban J connectivity index is 1.19. The third kappa shape index (κ3) is 3.31. The lowest BCUT2D eigenvalue weighted by Crippen LogP contribution is -2.35. The highest BCUT2D eigenvalue weighted by Crippen LogP contribution is 2.34. The van der Waals surface area contributed by atoms with Gasteiger partial charge in [-0.05, 0) is 46.7 Å². The normalized spacial score (nSPS) is 26.3. The molecule has 2 fully saturated rings. The number of aromatic nitrogens is 1. The van der Waals surface area contributed by atoms with Crippen molar-refractivity contribution >= 4 is 23.9 Å². The van der Waals surface area contributed by atoms with Gasteiger partial charge in [-0.3, -0.25) is 0 Å². The lowest BCUT2D eigenvalue weighted by molar-refractivity contribution is 0.0696. The smallest absolute Gasteiger partial charge is 0.337 e. The maximum Gasteiger partial charge on any atom is 0.337 e. The van der Waals surface area contributed by atoms with E-state index < -0.39 is 5.97 Å². The number of hydrogen-bond donors (Lipinski definition) is 1. The maximum atomic E-state index is 11.0. The molecule has 0 saturated carbocycles. The first-order chi connectivity index (χ1) is 13.7. The topological polar surface area (TPSA) is 56.7 Å². The largest absolute Gasteiger partial charge is 0.478 e. The molecular formula is C23H25N3O2. The number of carbonyl (C=O) groups is 1. The first-order valence-electron chi connectivity index (χ1n) is 10.1. The Hall–Kier alpha value is -2.66. The van der Waals surface area contributed by atoms with Crippen LogP contribution in [0, 0.1) is 17.8 Å². The molecule has 1 N–H and O–H groups in total. The Morgan fingerprint density at radius 1 is 1.04 bits per heavy atom. The molecule has 3 aliphatic rings. The Morgan fingerprint density at radius 3 is 2.46 bits per heavy atom. The highest BCUT2D eigenvalue weighted by atomic mass is 16.4. The van der Waals surface area contributed by atoms with Crippen LogP contribution >= 0.6 is 0 Å². The number of aromatic carboxylic acids is 1. The number of benzene rings is 1. The van der Waals surface area contributed by atoms with Crippen LogP contribution in [0.25, 0.3) is 12.2 Å². The molecule has 5 rings (SSSR count). The van der Waals surface area contributed by atoms with Crippen LogP contribution in [0.2, 0.25) is 0 Å². The fourth-order valence-corrected chi connectivity index (χ4v) is 5.03. The van der Waals surface area contributed by atoms with Crippen LogP contribution < -0.4 is 15.3 Å². The van der Waals surface area contributed by atoms with Crippen LogP contribution in [0.4, 0.5) is 5.82 Å². The van der Waals surface area contributed by atoms with E-state index in [2.05, 4.69) is 51.2 Å². The molecule has 1 aliphatic carbocycles. The lowest BCUT2D eigenvalue weighted by Gasteiger charge is -2.25. The van der Waals surface area contributed by atoms with E-state index >= 15 is 0 Å².